The smallest absolute Gasteiger partial charge is 0.333 e. The van der Waals surface area contributed by atoms with Crippen molar-refractivity contribution in [1.82, 2.24) is 0 Å². The van der Waals surface area contributed by atoms with Crippen LogP contribution in [0.15, 0.2) is 42.5 Å². The Labute approximate surface area is 163 Å². The highest BCUT2D eigenvalue weighted by atomic mass is 16.5. The first-order chi connectivity index (χ1) is 13.5. The van der Waals surface area contributed by atoms with Crippen LogP contribution in [0.5, 0.6) is 5.75 Å². The summed E-state index contributed by atoms with van der Waals surface area (Å²) in [6, 6.07) is 12.5. The Hall–Kier alpha value is -3.37. The molecule has 28 heavy (non-hydrogen) atoms. The van der Waals surface area contributed by atoms with Crippen LogP contribution in [0.1, 0.15) is 40.9 Å². The molecule has 1 atom stereocenters. The number of nitriles is 1. The highest BCUT2D eigenvalue weighted by molar-refractivity contribution is 5.96. The first kappa shape index (κ1) is 20.9. The lowest BCUT2D eigenvalue weighted by Gasteiger charge is -2.21. The van der Waals surface area contributed by atoms with Gasteiger partial charge in [0.2, 0.25) is 0 Å². The van der Waals surface area contributed by atoms with Crippen molar-refractivity contribution >= 4 is 17.4 Å². The largest absolute Gasteiger partial charge is 0.491 e. The molecule has 0 aromatic heterocycles. The second kappa shape index (κ2) is 10.1. The van der Waals surface area contributed by atoms with Crippen LogP contribution >= 0.6 is 0 Å². The van der Waals surface area contributed by atoms with E-state index >= 15 is 0 Å². The summed E-state index contributed by atoms with van der Waals surface area (Å²) < 4.78 is 10.5. The molecule has 2 aromatic rings. The predicted molar refractivity (Wildman–Crippen MR) is 103 cm³/mol. The Balaban J connectivity index is 2.48. The fraction of sp³-hybridized carbons (Fsp3) is 0.286. The number of benzene rings is 2. The Morgan fingerprint density at radius 1 is 1.21 bits per heavy atom. The molecule has 0 spiro atoms. The Kier molecular flexibility index (Phi) is 7.55. The number of Topliss-reactive ketones (excluding diaryl/α,β-unsaturated/α-hetero) is 1. The van der Waals surface area contributed by atoms with E-state index in [2.05, 4.69) is 5.32 Å². The summed E-state index contributed by atoms with van der Waals surface area (Å²) in [6.45, 7) is 1.60. The zero-order valence-electron chi connectivity index (χ0n) is 15.8. The number of methoxy groups -OCH3 is 1. The minimum Gasteiger partial charge on any atom is -0.491 e. The molecule has 0 aliphatic rings. The third kappa shape index (κ3) is 5.09. The lowest BCUT2D eigenvalue weighted by molar-refractivity contribution is -0.141. The summed E-state index contributed by atoms with van der Waals surface area (Å²) in [4.78, 5) is 24.6. The number of aliphatic hydroxyl groups excluding tert-OH is 1. The molecule has 146 valence electrons. The first-order valence-electron chi connectivity index (χ1n) is 8.79. The highest BCUT2D eigenvalue weighted by Gasteiger charge is 2.26. The number of carbonyl (C=O) groups is 2. The van der Waals surface area contributed by atoms with Crippen LogP contribution in [-0.4, -0.2) is 37.2 Å². The van der Waals surface area contributed by atoms with E-state index < -0.39 is 12.0 Å². The minimum atomic E-state index is -0.948. The normalized spacial score (nSPS) is 11.2. The standard InChI is InChI=1S/C21H22N2O5/c1-3-18(25)15-6-9-19(28-11-10-24)17(12-15)20(21(26)27-2)23-16-7-4-14(13-22)5-8-16/h4-9,12,20,23-24H,3,10-11H2,1-2H3. The summed E-state index contributed by atoms with van der Waals surface area (Å²) in [5.74, 6) is -0.283. The number of anilines is 1. The van der Waals surface area contributed by atoms with Gasteiger partial charge in [-0.25, -0.2) is 4.79 Å². The summed E-state index contributed by atoms with van der Waals surface area (Å²) in [5, 5.41) is 21.1. The van der Waals surface area contributed by atoms with E-state index in [0.717, 1.165) is 0 Å². The molecular formula is C21H22N2O5. The van der Waals surface area contributed by atoms with Crippen LogP contribution in [0.3, 0.4) is 0 Å². The number of esters is 1. The number of ether oxygens (including phenoxy) is 2. The van der Waals surface area contributed by atoms with E-state index in [0.29, 0.717) is 34.5 Å². The van der Waals surface area contributed by atoms with Crippen molar-refractivity contribution in [2.45, 2.75) is 19.4 Å². The maximum absolute atomic E-state index is 12.5. The van der Waals surface area contributed by atoms with E-state index in [1.807, 2.05) is 6.07 Å². The van der Waals surface area contributed by atoms with Crippen molar-refractivity contribution in [2.75, 3.05) is 25.6 Å². The summed E-state index contributed by atoms with van der Waals surface area (Å²) in [6.07, 6.45) is 0.322. The number of ketones is 1. The summed E-state index contributed by atoms with van der Waals surface area (Å²) >= 11 is 0. The van der Waals surface area contributed by atoms with Crippen LogP contribution < -0.4 is 10.1 Å². The average Bonchev–Trinajstić information content (AvgIpc) is 2.75. The molecule has 7 nitrogen and oxygen atoms in total. The number of aliphatic hydroxyl groups is 1. The molecule has 0 saturated heterocycles. The molecule has 7 heteroatoms. The fourth-order valence-corrected chi connectivity index (χ4v) is 2.63. The number of rotatable bonds is 9. The first-order valence-corrected chi connectivity index (χ1v) is 8.79. The molecule has 0 radical (unpaired) electrons. The van der Waals surface area contributed by atoms with E-state index in [-0.39, 0.29) is 19.0 Å². The lowest BCUT2D eigenvalue weighted by atomic mass is 9.99. The van der Waals surface area contributed by atoms with Gasteiger partial charge in [-0.15, -0.1) is 0 Å². The molecule has 0 saturated carbocycles. The van der Waals surface area contributed by atoms with Crippen molar-refractivity contribution in [2.24, 2.45) is 0 Å². The van der Waals surface area contributed by atoms with Gasteiger partial charge in [-0.05, 0) is 42.5 Å². The topological polar surface area (TPSA) is 109 Å². The molecule has 0 aliphatic carbocycles. The molecular weight excluding hydrogens is 360 g/mol. The fourth-order valence-electron chi connectivity index (χ4n) is 2.63. The van der Waals surface area contributed by atoms with Crippen LogP contribution in [0.25, 0.3) is 0 Å². The molecule has 0 amide bonds. The monoisotopic (exact) mass is 382 g/mol. The Morgan fingerprint density at radius 3 is 2.50 bits per heavy atom. The van der Waals surface area contributed by atoms with Gasteiger partial charge in [-0.1, -0.05) is 6.92 Å². The van der Waals surface area contributed by atoms with Crippen molar-refractivity contribution < 1.29 is 24.2 Å². The molecule has 0 bridgehead atoms. The average molecular weight is 382 g/mol. The second-order valence-corrected chi connectivity index (χ2v) is 5.89. The van der Waals surface area contributed by atoms with Crippen LogP contribution in [0.2, 0.25) is 0 Å². The Morgan fingerprint density at radius 2 is 1.93 bits per heavy atom. The maximum Gasteiger partial charge on any atom is 0.333 e. The molecule has 1 unspecified atom stereocenters. The predicted octanol–water partition coefficient (Wildman–Crippen LogP) is 2.85. The number of carbonyl (C=O) groups excluding carboxylic acids is 2. The zero-order chi connectivity index (χ0) is 20.5. The number of nitrogens with one attached hydrogen (secondary N) is 1. The van der Waals surface area contributed by atoms with Gasteiger partial charge in [0, 0.05) is 23.2 Å². The highest BCUT2D eigenvalue weighted by Crippen LogP contribution is 2.31. The van der Waals surface area contributed by atoms with Gasteiger partial charge in [0.05, 0.1) is 25.3 Å². The van der Waals surface area contributed by atoms with E-state index in [4.69, 9.17) is 19.8 Å². The molecule has 2 rings (SSSR count). The molecule has 2 N–H and O–H groups in total. The second-order valence-electron chi connectivity index (χ2n) is 5.89. The lowest BCUT2D eigenvalue weighted by Crippen LogP contribution is -2.23. The van der Waals surface area contributed by atoms with Gasteiger partial charge in [-0.2, -0.15) is 5.26 Å². The van der Waals surface area contributed by atoms with E-state index in [1.54, 1.807) is 49.4 Å². The zero-order valence-corrected chi connectivity index (χ0v) is 15.8. The van der Waals surface area contributed by atoms with Gasteiger partial charge < -0.3 is 19.9 Å². The Bertz CT molecular complexity index is 871. The third-order valence-corrected chi connectivity index (χ3v) is 4.07. The SMILES string of the molecule is CCC(=O)c1ccc(OCCO)c(C(Nc2ccc(C#N)cc2)C(=O)OC)c1. The van der Waals surface area contributed by atoms with E-state index in [1.165, 1.54) is 7.11 Å². The van der Waals surface area contributed by atoms with Gasteiger partial charge in [0.15, 0.2) is 11.8 Å². The van der Waals surface area contributed by atoms with Crippen LogP contribution in [0.4, 0.5) is 5.69 Å². The van der Waals surface area contributed by atoms with Crippen LogP contribution in [-0.2, 0) is 9.53 Å². The number of hydrogen-bond acceptors (Lipinski definition) is 7. The van der Waals surface area contributed by atoms with Crippen molar-refractivity contribution in [3.63, 3.8) is 0 Å². The van der Waals surface area contributed by atoms with E-state index in [9.17, 15) is 9.59 Å². The van der Waals surface area contributed by atoms with Crippen molar-refractivity contribution in [3.05, 3.63) is 59.2 Å². The van der Waals surface area contributed by atoms with Gasteiger partial charge in [0.1, 0.15) is 12.4 Å². The van der Waals surface area contributed by atoms with Gasteiger partial charge in [-0.3, -0.25) is 4.79 Å². The van der Waals surface area contributed by atoms with Gasteiger partial charge in [0.25, 0.3) is 0 Å². The molecule has 2 aromatic carbocycles. The quantitative estimate of drug-likeness (QED) is 0.507. The molecule has 0 aliphatic heterocycles. The molecule has 0 heterocycles. The van der Waals surface area contributed by atoms with Crippen molar-refractivity contribution in [3.8, 4) is 11.8 Å². The number of hydrogen-bond donors (Lipinski definition) is 2. The summed E-state index contributed by atoms with van der Waals surface area (Å²) in [5.41, 5.74) is 1.95. The third-order valence-electron chi connectivity index (χ3n) is 4.07. The van der Waals surface area contributed by atoms with Gasteiger partial charge >= 0.3 is 5.97 Å². The molecule has 0 fully saturated rings. The maximum atomic E-state index is 12.5. The minimum absolute atomic E-state index is 0.0405. The number of nitrogens with zero attached hydrogens (tertiary/aromatic N) is 1. The summed E-state index contributed by atoms with van der Waals surface area (Å²) in [7, 11) is 1.27. The van der Waals surface area contributed by atoms with Crippen LogP contribution in [0, 0.1) is 11.3 Å². The van der Waals surface area contributed by atoms with Crippen molar-refractivity contribution in [1.29, 1.82) is 5.26 Å².